The molecule has 1 nitrogen and oxygen atoms in total. The van der Waals surface area contributed by atoms with Crippen LogP contribution in [0.4, 0.5) is 4.39 Å². The second-order valence-electron chi connectivity index (χ2n) is 3.53. The highest BCUT2D eigenvalue weighted by atomic mass is 19.1. The molecule has 0 N–H and O–H groups in total. The molecule has 0 radical (unpaired) electrons. The lowest BCUT2D eigenvalue weighted by Crippen LogP contribution is -1.99. The second-order valence-corrected chi connectivity index (χ2v) is 3.53. The zero-order chi connectivity index (χ0) is 11.8. The van der Waals surface area contributed by atoms with Crippen LogP contribution < -0.4 is 4.74 Å². The van der Waals surface area contributed by atoms with E-state index in [1.165, 1.54) is 12.1 Å². The lowest BCUT2D eigenvalue weighted by Gasteiger charge is -2.09. The summed E-state index contributed by atoms with van der Waals surface area (Å²) in [5.41, 5.74) is 0.899. The van der Waals surface area contributed by atoms with E-state index in [0.29, 0.717) is 6.61 Å². The molecule has 0 amide bonds. The van der Waals surface area contributed by atoms with Gasteiger partial charge >= 0.3 is 0 Å². The zero-order valence-corrected chi connectivity index (χ0v) is 9.85. The van der Waals surface area contributed by atoms with E-state index in [9.17, 15) is 4.39 Å². The Labute approximate surface area is 96.6 Å². The van der Waals surface area contributed by atoms with E-state index >= 15 is 0 Å². The maximum absolute atomic E-state index is 13.1. The highest BCUT2D eigenvalue weighted by Crippen LogP contribution is 2.21. The molecular formula is C14H17FO. The summed E-state index contributed by atoms with van der Waals surface area (Å²) in [6.07, 6.45) is 2.42. The van der Waals surface area contributed by atoms with Gasteiger partial charge in [0.15, 0.2) is 0 Å². The summed E-state index contributed by atoms with van der Waals surface area (Å²) < 4.78 is 18.6. The predicted molar refractivity (Wildman–Crippen MR) is 64.0 cm³/mol. The van der Waals surface area contributed by atoms with Crippen LogP contribution in [0.5, 0.6) is 5.75 Å². The van der Waals surface area contributed by atoms with Crippen LogP contribution in [-0.4, -0.2) is 6.61 Å². The van der Waals surface area contributed by atoms with Gasteiger partial charge in [-0.2, -0.15) is 0 Å². The van der Waals surface area contributed by atoms with Crippen molar-refractivity contribution in [3.05, 3.63) is 29.6 Å². The highest BCUT2D eigenvalue weighted by molar-refractivity contribution is 5.34. The molecule has 2 heteroatoms. The van der Waals surface area contributed by atoms with Gasteiger partial charge in [-0.25, -0.2) is 4.39 Å². The number of benzene rings is 1. The van der Waals surface area contributed by atoms with E-state index in [1.807, 2.05) is 6.92 Å². The molecule has 86 valence electrons. The number of hydrogen-bond acceptors (Lipinski definition) is 1. The van der Waals surface area contributed by atoms with Gasteiger partial charge < -0.3 is 4.74 Å². The van der Waals surface area contributed by atoms with Crippen molar-refractivity contribution in [2.75, 3.05) is 6.61 Å². The van der Waals surface area contributed by atoms with Gasteiger partial charge in [-0.3, -0.25) is 0 Å². The molecule has 0 saturated heterocycles. The molecule has 1 rings (SSSR count). The van der Waals surface area contributed by atoms with Crippen molar-refractivity contribution in [2.24, 2.45) is 0 Å². The second kappa shape index (κ2) is 6.90. The van der Waals surface area contributed by atoms with Crippen molar-refractivity contribution < 1.29 is 9.13 Å². The monoisotopic (exact) mass is 220 g/mol. The van der Waals surface area contributed by atoms with E-state index in [0.717, 1.165) is 30.6 Å². The third kappa shape index (κ3) is 3.94. The first-order chi connectivity index (χ1) is 7.77. The fourth-order valence-corrected chi connectivity index (χ4v) is 1.42. The maximum Gasteiger partial charge on any atom is 0.123 e. The Hall–Kier alpha value is -1.49. The van der Waals surface area contributed by atoms with Gasteiger partial charge in [0.25, 0.3) is 0 Å². The van der Waals surface area contributed by atoms with Gasteiger partial charge in [0.2, 0.25) is 0 Å². The van der Waals surface area contributed by atoms with Crippen LogP contribution in [0.15, 0.2) is 18.2 Å². The SMILES string of the molecule is CC#CCCc1cc(F)ccc1OCCC. The van der Waals surface area contributed by atoms with Crippen molar-refractivity contribution >= 4 is 0 Å². The average Bonchev–Trinajstić information content (AvgIpc) is 2.28. The molecule has 0 atom stereocenters. The molecule has 0 fully saturated rings. The van der Waals surface area contributed by atoms with Crippen LogP contribution in [0.3, 0.4) is 0 Å². The minimum Gasteiger partial charge on any atom is -0.493 e. The lowest BCUT2D eigenvalue weighted by atomic mass is 10.1. The summed E-state index contributed by atoms with van der Waals surface area (Å²) in [6, 6.07) is 4.65. The van der Waals surface area contributed by atoms with E-state index in [2.05, 4.69) is 11.8 Å². The molecule has 16 heavy (non-hydrogen) atoms. The fraction of sp³-hybridized carbons (Fsp3) is 0.429. The van der Waals surface area contributed by atoms with Crippen molar-refractivity contribution in [3.63, 3.8) is 0 Å². The normalized spacial score (nSPS) is 9.44. The Morgan fingerprint density at radius 3 is 2.88 bits per heavy atom. The molecule has 0 aliphatic heterocycles. The maximum atomic E-state index is 13.1. The van der Waals surface area contributed by atoms with Crippen LogP contribution in [0.25, 0.3) is 0 Å². The molecule has 0 saturated carbocycles. The highest BCUT2D eigenvalue weighted by Gasteiger charge is 2.04. The standard InChI is InChI=1S/C14H17FO/c1-3-5-6-7-12-11-13(15)8-9-14(12)16-10-4-2/h8-9,11H,4,6-7,10H2,1-2H3. The molecule has 0 aliphatic carbocycles. The van der Waals surface area contributed by atoms with E-state index < -0.39 is 0 Å². The first-order valence-corrected chi connectivity index (χ1v) is 5.58. The van der Waals surface area contributed by atoms with Gasteiger partial charge in [-0.05, 0) is 43.5 Å². The topological polar surface area (TPSA) is 9.23 Å². The summed E-state index contributed by atoms with van der Waals surface area (Å²) in [5, 5.41) is 0. The van der Waals surface area contributed by atoms with Crippen LogP contribution >= 0.6 is 0 Å². The Bertz CT molecular complexity index is 387. The summed E-state index contributed by atoms with van der Waals surface area (Å²) in [5.74, 6) is 6.36. The van der Waals surface area contributed by atoms with Crippen molar-refractivity contribution in [1.29, 1.82) is 0 Å². The smallest absolute Gasteiger partial charge is 0.123 e. The number of hydrogen-bond donors (Lipinski definition) is 0. The fourth-order valence-electron chi connectivity index (χ4n) is 1.42. The zero-order valence-electron chi connectivity index (χ0n) is 9.85. The Kier molecular flexibility index (Phi) is 5.42. The molecule has 0 spiro atoms. The van der Waals surface area contributed by atoms with Crippen molar-refractivity contribution in [1.82, 2.24) is 0 Å². The average molecular weight is 220 g/mol. The van der Waals surface area contributed by atoms with Crippen LogP contribution in [0, 0.1) is 17.7 Å². The van der Waals surface area contributed by atoms with Gasteiger partial charge in [0.1, 0.15) is 11.6 Å². The summed E-state index contributed by atoms with van der Waals surface area (Å²) in [7, 11) is 0. The molecule has 1 aromatic carbocycles. The summed E-state index contributed by atoms with van der Waals surface area (Å²) >= 11 is 0. The van der Waals surface area contributed by atoms with E-state index in [4.69, 9.17) is 4.74 Å². The lowest BCUT2D eigenvalue weighted by molar-refractivity contribution is 0.313. The number of rotatable bonds is 5. The summed E-state index contributed by atoms with van der Waals surface area (Å²) in [6.45, 7) is 4.52. The third-order valence-electron chi connectivity index (χ3n) is 2.18. The van der Waals surface area contributed by atoms with Gasteiger partial charge in [0.05, 0.1) is 6.61 Å². The third-order valence-corrected chi connectivity index (χ3v) is 2.18. The quantitative estimate of drug-likeness (QED) is 0.689. The Morgan fingerprint density at radius 1 is 1.38 bits per heavy atom. The van der Waals surface area contributed by atoms with Crippen LogP contribution in [0.2, 0.25) is 0 Å². The first kappa shape index (κ1) is 12.6. The van der Waals surface area contributed by atoms with Crippen molar-refractivity contribution in [3.8, 4) is 17.6 Å². The first-order valence-electron chi connectivity index (χ1n) is 5.58. The minimum absolute atomic E-state index is 0.219. The molecule has 0 unspecified atom stereocenters. The Balaban J connectivity index is 2.75. The number of halogens is 1. The molecular weight excluding hydrogens is 203 g/mol. The Morgan fingerprint density at radius 2 is 2.19 bits per heavy atom. The van der Waals surface area contributed by atoms with Gasteiger partial charge in [-0.15, -0.1) is 11.8 Å². The molecule has 0 aliphatic rings. The largest absolute Gasteiger partial charge is 0.493 e. The van der Waals surface area contributed by atoms with Crippen LogP contribution in [-0.2, 0) is 6.42 Å². The minimum atomic E-state index is -0.219. The summed E-state index contributed by atoms with van der Waals surface area (Å²) in [4.78, 5) is 0. The number of ether oxygens (including phenoxy) is 1. The van der Waals surface area contributed by atoms with Crippen LogP contribution in [0.1, 0.15) is 32.3 Å². The molecule has 0 bridgehead atoms. The van der Waals surface area contributed by atoms with Crippen molar-refractivity contribution in [2.45, 2.75) is 33.1 Å². The van der Waals surface area contributed by atoms with E-state index in [1.54, 1.807) is 13.0 Å². The number of aryl methyl sites for hydroxylation is 1. The predicted octanol–water partition coefficient (Wildman–Crippen LogP) is 3.57. The van der Waals surface area contributed by atoms with E-state index in [-0.39, 0.29) is 5.82 Å². The molecule has 0 heterocycles. The molecule has 1 aromatic rings. The molecule has 0 aromatic heterocycles. The van der Waals surface area contributed by atoms with Gasteiger partial charge in [-0.1, -0.05) is 6.92 Å². The van der Waals surface area contributed by atoms with Gasteiger partial charge in [0, 0.05) is 6.42 Å².